The number of furan rings is 1. The summed E-state index contributed by atoms with van der Waals surface area (Å²) in [5, 5.41) is 8.81. The van der Waals surface area contributed by atoms with Crippen molar-refractivity contribution in [3.8, 4) is 0 Å². The molecule has 0 saturated carbocycles. The number of nitrogens with zero attached hydrogens (tertiary/aromatic N) is 1. The van der Waals surface area contributed by atoms with Gasteiger partial charge in [0, 0.05) is 11.8 Å². The number of hydrogen-bond acceptors (Lipinski definition) is 3. The molecular weight excluding hydrogens is 246 g/mol. The zero-order valence-corrected chi connectivity index (χ0v) is 10.3. The number of fused-ring (bicyclic) bond motifs is 1. The molecule has 0 radical (unpaired) electrons. The quantitative estimate of drug-likeness (QED) is 0.910. The fourth-order valence-electron chi connectivity index (χ4n) is 2.54. The number of carbonyl (C=O) groups is 1. The normalized spacial score (nSPS) is 13.5. The first-order chi connectivity index (χ1) is 9.15. The average molecular weight is 259 g/mol. The molecule has 0 amide bonds. The standard InChI is InChI=1S/C14H13NO4/c16-13-7-4-9-2-1-3-11(9)15(13)8-10-5-6-12(19-10)14(17)18/h4-7H,1-3,8H2,(H,17,18). The number of carboxylic acids is 1. The van der Waals surface area contributed by atoms with Crippen LogP contribution in [-0.4, -0.2) is 15.6 Å². The van der Waals surface area contributed by atoms with E-state index >= 15 is 0 Å². The van der Waals surface area contributed by atoms with E-state index in [-0.39, 0.29) is 17.9 Å². The first-order valence-corrected chi connectivity index (χ1v) is 6.19. The van der Waals surface area contributed by atoms with E-state index in [4.69, 9.17) is 9.52 Å². The molecule has 0 spiro atoms. The van der Waals surface area contributed by atoms with Crippen LogP contribution in [0.3, 0.4) is 0 Å². The summed E-state index contributed by atoms with van der Waals surface area (Å²) in [4.78, 5) is 22.7. The van der Waals surface area contributed by atoms with Crippen molar-refractivity contribution in [1.29, 1.82) is 0 Å². The van der Waals surface area contributed by atoms with Gasteiger partial charge >= 0.3 is 5.97 Å². The number of aromatic carboxylic acids is 1. The Kier molecular flexibility index (Phi) is 2.74. The molecule has 2 aromatic rings. The highest BCUT2D eigenvalue weighted by Crippen LogP contribution is 2.21. The molecule has 1 aliphatic carbocycles. The van der Waals surface area contributed by atoms with Gasteiger partial charge in [-0.1, -0.05) is 6.07 Å². The maximum atomic E-state index is 11.9. The molecule has 3 rings (SSSR count). The van der Waals surface area contributed by atoms with Gasteiger partial charge in [0.25, 0.3) is 5.56 Å². The van der Waals surface area contributed by atoms with Crippen LogP contribution in [-0.2, 0) is 19.4 Å². The topological polar surface area (TPSA) is 72.4 Å². The van der Waals surface area contributed by atoms with Gasteiger partial charge in [0.2, 0.25) is 5.76 Å². The summed E-state index contributed by atoms with van der Waals surface area (Å²) in [6, 6.07) is 6.45. The summed E-state index contributed by atoms with van der Waals surface area (Å²) in [6.45, 7) is 0.287. The van der Waals surface area contributed by atoms with Crippen LogP contribution in [0.2, 0.25) is 0 Å². The van der Waals surface area contributed by atoms with Crippen LogP contribution in [0.5, 0.6) is 0 Å². The Bertz CT molecular complexity index is 696. The second-order valence-corrected chi connectivity index (χ2v) is 4.65. The van der Waals surface area contributed by atoms with Crippen LogP contribution in [0, 0.1) is 0 Å². The highest BCUT2D eigenvalue weighted by molar-refractivity contribution is 5.84. The third-order valence-corrected chi connectivity index (χ3v) is 3.44. The lowest BCUT2D eigenvalue weighted by Gasteiger charge is -2.10. The summed E-state index contributed by atoms with van der Waals surface area (Å²) < 4.78 is 6.88. The molecule has 0 saturated heterocycles. The third-order valence-electron chi connectivity index (χ3n) is 3.44. The van der Waals surface area contributed by atoms with E-state index < -0.39 is 5.97 Å². The smallest absolute Gasteiger partial charge is 0.371 e. The van der Waals surface area contributed by atoms with Gasteiger partial charge in [-0.2, -0.15) is 0 Å². The fraction of sp³-hybridized carbons (Fsp3) is 0.286. The van der Waals surface area contributed by atoms with Crippen LogP contribution in [0.1, 0.15) is 34.0 Å². The molecule has 0 aromatic carbocycles. The predicted octanol–water partition coefficient (Wildman–Crippen LogP) is 1.68. The molecule has 0 fully saturated rings. The van der Waals surface area contributed by atoms with Crippen molar-refractivity contribution in [2.75, 3.05) is 0 Å². The molecule has 1 N–H and O–H groups in total. The Morgan fingerprint density at radius 2 is 2.11 bits per heavy atom. The summed E-state index contributed by atoms with van der Waals surface area (Å²) in [7, 11) is 0. The zero-order valence-electron chi connectivity index (χ0n) is 10.3. The van der Waals surface area contributed by atoms with E-state index in [0.29, 0.717) is 5.76 Å². The monoisotopic (exact) mass is 259 g/mol. The second kappa shape index (κ2) is 4.42. The Morgan fingerprint density at radius 1 is 1.26 bits per heavy atom. The molecule has 0 unspecified atom stereocenters. The maximum Gasteiger partial charge on any atom is 0.371 e. The minimum Gasteiger partial charge on any atom is -0.475 e. The van der Waals surface area contributed by atoms with Gasteiger partial charge in [-0.05, 0) is 37.0 Å². The Labute approximate surface area is 109 Å². The molecule has 0 bridgehead atoms. The first-order valence-electron chi connectivity index (χ1n) is 6.19. The molecular formula is C14H13NO4. The van der Waals surface area contributed by atoms with Gasteiger partial charge < -0.3 is 14.1 Å². The van der Waals surface area contributed by atoms with Crippen molar-refractivity contribution >= 4 is 5.97 Å². The number of hydrogen-bond donors (Lipinski definition) is 1. The number of aryl methyl sites for hydroxylation is 1. The molecule has 2 aromatic heterocycles. The largest absolute Gasteiger partial charge is 0.475 e. The van der Waals surface area contributed by atoms with Gasteiger partial charge in [-0.15, -0.1) is 0 Å². The molecule has 0 aliphatic heterocycles. The maximum absolute atomic E-state index is 11.9. The van der Waals surface area contributed by atoms with E-state index in [1.807, 2.05) is 6.07 Å². The second-order valence-electron chi connectivity index (χ2n) is 4.65. The molecule has 2 heterocycles. The summed E-state index contributed by atoms with van der Waals surface area (Å²) in [5.41, 5.74) is 2.17. The first kappa shape index (κ1) is 11.8. The number of rotatable bonds is 3. The van der Waals surface area contributed by atoms with Crippen LogP contribution < -0.4 is 5.56 Å². The van der Waals surface area contributed by atoms with Crippen LogP contribution >= 0.6 is 0 Å². The lowest BCUT2D eigenvalue weighted by atomic mass is 10.2. The van der Waals surface area contributed by atoms with Crippen molar-refractivity contribution in [1.82, 2.24) is 4.57 Å². The van der Waals surface area contributed by atoms with Gasteiger partial charge in [0.05, 0.1) is 6.54 Å². The molecule has 1 aliphatic rings. The molecule has 0 atom stereocenters. The van der Waals surface area contributed by atoms with Crippen LogP contribution in [0.4, 0.5) is 0 Å². The van der Waals surface area contributed by atoms with Crippen molar-refractivity contribution in [3.63, 3.8) is 0 Å². The lowest BCUT2D eigenvalue weighted by molar-refractivity contribution is 0.0660. The number of pyridine rings is 1. The highest BCUT2D eigenvalue weighted by Gasteiger charge is 2.17. The predicted molar refractivity (Wildman–Crippen MR) is 67.5 cm³/mol. The van der Waals surface area contributed by atoms with Crippen LogP contribution in [0.25, 0.3) is 0 Å². The number of carboxylic acid groups (broad SMARTS) is 1. The summed E-state index contributed by atoms with van der Waals surface area (Å²) >= 11 is 0. The molecule has 98 valence electrons. The summed E-state index contributed by atoms with van der Waals surface area (Å²) in [6.07, 6.45) is 2.93. The SMILES string of the molecule is O=C(O)c1ccc(Cn2c3c(ccc2=O)CCC3)o1. The third kappa shape index (κ3) is 2.07. The lowest BCUT2D eigenvalue weighted by Crippen LogP contribution is -2.23. The van der Waals surface area contributed by atoms with Gasteiger partial charge in [-0.3, -0.25) is 4.79 Å². The summed E-state index contributed by atoms with van der Waals surface area (Å²) in [5.74, 6) is -0.715. The van der Waals surface area contributed by atoms with E-state index in [1.165, 1.54) is 11.6 Å². The minimum atomic E-state index is -1.10. The number of aromatic nitrogens is 1. The van der Waals surface area contributed by atoms with E-state index in [2.05, 4.69) is 0 Å². The van der Waals surface area contributed by atoms with Gasteiger partial charge in [0.1, 0.15) is 5.76 Å². The van der Waals surface area contributed by atoms with Crippen molar-refractivity contribution in [2.24, 2.45) is 0 Å². The molecule has 5 heteroatoms. The van der Waals surface area contributed by atoms with Crippen molar-refractivity contribution in [2.45, 2.75) is 25.8 Å². The fourth-order valence-corrected chi connectivity index (χ4v) is 2.54. The van der Waals surface area contributed by atoms with E-state index in [9.17, 15) is 9.59 Å². The van der Waals surface area contributed by atoms with E-state index in [1.54, 1.807) is 16.7 Å². The zero-order chi connectivity index (χ0) is 13.4. The minimum absolute atomic E-state index is 0.0751. The van der Waals surface area contributed by atoms with Crippen molar-refractivity contribution < 1.29 is 14.3 Å². The average Bonchev–Trinajstić information content (AvgIpc) is 3.01. The Hall–Kier alpha value is -2.30. The van der Waals surface area contributed by atoms with Crippen LogP contribution in [0.15, 0.2) is 33.5 Å². The van der Waals surface area contributed by atoms with E-state index in [0.717, 1.165) is 25.0 Å². The van der Waals surface area contributed by atoms with Gasteiger partial charge in [0.15, 0.2) is 0 Å². The van der Waals surface area contributed by atoms with Crippen molar-refractivity contribution in [3.05, 3.63) is 57.4 Å². The molecule has 5 nitrogen and oxygen atoms in total. The Morgan fingerprint density at radius 3 is 2.84 bits per heavy atom. The highest BCUT2D eigenvalue weighted by atomic mass is 16.4. The Balaban J connectivity index is 1.97. The molecule has 19 heavy (non-hydrogen) atoms. The van der Waals surface area contributed by atoms with Gasteiger partial charge in [-0.25, -0.2) is 4.79 Å².